The number of carbonyl (C=O) groups excluding carboxylic acids is 1. The van der Waals surface area contributed by atoms with Crippen molar-refractivity contribution in [2.45, 2.75) is 44.7 Å². The van der Waals surface area contributed by atoms with Gasteiger partial charge in [-0.3, -0.25) is 4.79 Å². The highest BCUT2D eigenvalue weighted by atomic mass is 16.4. The fourth-order valence-corrected chi connectivity index (χ4v) is 1.99. The molecule has 17 heavy (non-hydrogen) atoms. The molecule has 0 aromatic rings. The van der Waals surface area contributed by atoms with Gasteiger partial charge in [-0.1, -0.05) is 0 Å². The number of carboxylic acid groups (broad SMARTS) is 1. The van der Waals surface area contributed by atoms with Crippen molar-refractivity contribution in [3.63, 3.8) is 0 Å². The van der Waals surface area contributed by atoms with Crippen molar-refractivity contribution in [2.24, 2.45) is 5.73 Å². The lowest BCUT2D eigenvalue weighted by Crippen LogP contribution is -2.55. The van der Waals surface area contributed by atoms with Crippen LogP contribution in [0, 0.1) is 0 Å². The predicted octanol–water partition coefficient (Wildman–Crippen LogP) is 0.372. The average Bonchev–Trinajstić information content (AvgIpc) is 2.14. The number of carbonyl (C=O) groups is 2. The van der Waals surface area contributed by atoms with E-state index in [-0.39, 0.29) is 18.5 Å². The summed E-state index contributed by atoms with van der Waals surface area (Å²) < 4.78 is 0. The lowest BCUT2D eigenvalue weighted by Gasteiger charge is -2.34. The summed E-state index contributed by atoms with van der Waals surface area (Å²) in [7, 11) is 0. The van der Waals surface area contributed by atoms with E-state index in [1.54, 1.807) is 18.7 Å². The summed E-state index contributed by atoms with van der Waals surface area (Å²) in [6.07, 6.45) is 1.73. The minimum atomic E-state index is -0.925. The highest BCUT2D eigenvalue weighted by Gasteiger charge is 2.28. The molecule has 4 N–H and O–H groups in total. The molecular weight excluding hydrogens is 222 g/mol. The van der Waals surface area contributed by atoms with Crippen LogP contribution in [0.1, 0.15) is 33.1 Å². The number of piperidine rings is 1. The van der Waals surface area contributed by atoms with Crippen molar-refractivity contribution in [1.29, 1.82) is 0 Å². The summed E-state index contributed by atoms with van der Waals surface area (Å²) in [5, 5.41) is 11.5. The normalized spacial score (nSPS) is 21.1. The SMILES string of the molecule is CC(C)(CC(=O)O)NC(=O)N1CCCC(N)C1. The summed E-state index contributed by atoms with van der Waals surface area (Å²) in [5.74, 6) is -0.925. The Hall–Kier alpha value is -1.30. The first-order valence-corrected chi connectivity index (χ1v) is 5.84. The lowest BCUT2D eigenvalue weighted by molar-refractivity contribution is -0.138. The summed E-state index contributed by atoms with van der Waals surface area (Å²) >= 11 is 0. The fraction of sp³-hybridized carbons (Fsp3) is 0.818. The van der Waals surface area contributed by atoms with E-state index in [2.05, 4.69) is 5.32 Å². The van der Waals surface area contributed by atoms with E-state index in [1.165, 1.54) is 0 Å². The number of urea groups is 1. The quantitative estimate of drug-likeness (QED) is 0.667. The molecular formula is C11H21N3O3. The maximum atomic E-state index is 11.9. The standard InChI is InChI=1S/C11H21N3O3/c1-11(2,6-9(15)16)13-10(17)14-5-3-4-8(12)7-14/h8H,3-7,12H2,1-2H3,(H,13,17)(H,15,16). The molecule has 1 rings (SSSR count). The van der Waals surface area contributed by atoms with Gasteiger partial charge in [0.25, 0.3) is 0 Å². The van der Waals surface area contributed by atoms with Gasteiger partial charge < -0.3 is 21.1 Å². The summed E-state index contributed by atoms with van der Waals surface area (Å²) in [5.41, 5.74) is 5.05. The number of nitrogens with zero attached hydrogens (tertiary/aromatic N) is 1. The van der Waals surface area contributed by atoms with E-state index in [0.29, 0.717) is 13.1 Å². The molecule has 1 unspecified atom stereocenters. The number of rotatable bonds is 3. The molecule has 1 fully saturated rings. The van der Waals surface area contributed by atoms with Crippen molar-refractivity contribution in [1.82, 2.24) is 10.2 Å². The molecule has 98 valence electrons. The highest BCUT2D eigenvalue weighted by Crippen LogP contribution is 2.12. The second-order valence-electron chi connectivity index (χ2n) is 5.23. The third-order valence-corrected chi connectivity index (χ3v) is 2.78. The third-order valence-electron chi connectivity index (χ3n) is 2.78. The average molecular weight is 243 g/mol. The second-order valence-corrected chi connectivity index (χ2v) is 5.23. The first kappa shape index (κ1) is 13.8. The Morgan fingerprint density at radius 2 is 2.18 bits per heavy atom. The van der Waals surface area contributed by atoms with E-state index >= 15 is 0 Å². The van der Waals surface area contributed by atoms with Crippen LogP contribution in [0.15, 0.2) is 0 Å². The first-order valence-electron chi connectivity index (χ1n) is 5.84. The van der Waals surface area contributed by atoms with Crippen molar-refractivity contribution < 1.29 is 14.7 Å². The molecule has 1 aliphatic heterocycles. The number of likely N-dealkylation sites (tertiary alicyclic amines) is 1. The molecule has 0 aromatic heterocycles. The number of aliphatic carboxylic acids is 1. The number of amides is 2. The Bertz CT molecular complexity index is 304. The molecule has 0 spiro atoms. The van der Waals surface area contributed by atoms with Crippen LogP contribution in [-0.4, -0.2) is 46.7 Å². The zero-order valence-electron chi connectivity index (χ0n) is 10.4. The van der Waals surface area contributed by atoms with Gasteiger partial charge in [0.1, 0.15) is 0 Å². The molecule has 6 nitrogen and oxygen atoms in total. The molecule has 1 atom stereocenters. The van der Waals surface area contributed by atoms with E-state index < -0.39 is 11.5 Å². The van der Waals surface area contributed by atoms with Crippen LogP contribution in [0.25, 0.3) is 0 Å². The summed E-state index contributed by atoms with van der Waals surface area (Å²) in [4.78, 5) is 24.2. The van der Waals surface area contributed by atoms with Gasteiger partial charge in [-0.25, -0.2) is 4.79 Å². The van der Waals surface area contributed by atoms with Crippen LogP contribution < -0.4 is 11.1 Å². The third kappa shape index (κ3) is 4.60. The summed E-state index contributed by atoms with van der Waals surface area (Å²) in [6.45, 7) is 4.61. The molecule has 0 radical (unpaired) electrons. The fourth-order valence-electron chi connectivity index (χ4n) is 1.99. The van der Waals surface area contributed by atoms with Gasteiger partial charge in [0, 0.05) is 24.7 Å². The van der Waals surface area contributed by atoms with Gasteiger partial charge in [-0.05, 0) is 26.7 Å². The lowest BCUT2D eigenvalue weighted by atomic mass is 10.0. The second kappa shape index (κ2) is 5.35. The smallest absolute Gasteiger partial charge is 0.317 e. The van der Waals surface area contributed by atoms with E-state index in [0.717, 1.165) is 12.8 Å². The van der Waals surface area contributed by atoms with Gasteiger partial charge in [-0.15, -0.1) is 0 Å². The van der Waals surface area contributed by atoms with Crippen molar-refractivity contribution in [3.05, 3.63) is 0 Å². The van der Waals surface area contributed by atoms with Crippen molar-refractivity contribution in [2.75, 3.05) is 13.1 Å². The van der Waals surface area contributed by atoms with Crippen molar-refractivity contribution >= 4 is 12.0 Å². The molecule has 0 bridgehead atoms. The van der Waals surface area contributed by atoms with Gasteiger partial charge in [0.15, 0.2) is 0 Å². The number of nitrogens with one attached hydrogen (secondary N) is 1. The maximum absolute atomic E-state index is 11.9. The van der Waals surface area contributed by atoms with Gasteiger partial charge in [0.2, 0.25) is 0 Å². The predicted molar refractivity (Wildman–Crippen MR) is 63.6 cm³/mol. The zero-order chi connectivity index (χ0) is 13.1. The highest BCUT2D eigenvalue weighted by molar-refractivity contribution is 5.76. The molecule has 1 aliphatic rings. The Kier molecular flexibility index (Phi) is 4.34. The maximum Gasteiger partial charge on any atom is 0.317 e. The molecule has 1 heterocycles. The molecule has 6 heteroatoms. The van der Waals surface area contributed by atoms with Crippen LogP contribution in [0.3, 0.4) is 0 Å². The van der Waals surface area contributed by atoms with Crippen LogP contribution >= 0.6 is 0 Å². The van der Waals surface area contributed by atoms with Crippen LogP contribution in [0.5, 0.6) is 0 Å². The van der Waals surface area contributed by atoms with Crippen LogP contribution in [0.2, 0.25) is 0 Å². The molecule has 2 amide bonds. The van der Waals surface area contributed by atoms with Gasteiger partial charge >= 0.3 is 12.0 Å². The topological polar surface area (TPSA) is 95.7 Å². The Labute approximate surface area is 101 Å². The van der Waals surface area contributed by atoms with Gasteiger partial charge in [0.05, 0.1) is 6.42 Å². The van der Waals surface area contributed by atoms with Crippen LogP contribution in [-0.2, 0) is 4.79 Å². The number of carboxylic acids is 1. The Morgan fingerprint density at radius 1 is 1.53 bits per heavy atom. The van der Waals surface area contributed by atoms with E-state index in [4.69, 9.17) is 10.8 Å². The first-order chi connectivity index (χ1) is 7.80. The summed E-state index contributed by atoms with van der Waals surface area (Å²) in [6, 6.07) is -0.205. The Balaban J connectivity index is 2.50. The molecule has 0 aromatic carbocycles. The zero-order valence-corrected chi connectivity index (χ0v) is 10.4. The number of hydrogen-bond acceptors (Lipinski definition) is 3. The molecule has 0 aliphatic carbocycles. The van der Waals surface area contributed by atoms with Crippen molar-refractivity contribution in [3.8, 4) is 0 Å². The molecule has 1 saturated heterocycles. The largest absolute Gasteiger partial charge is 0.481 e. The van der Waals surface area contributed by atoms with E-state index in [9.17, 15) is 9.59 Å². The van der Waals surface area contributed by atoms with Crippen LogP contribution in [0.4, 0.5) is 4.79 Å². The number of nitrogens with two attached hydrogens (primary N) is 1. The minimum absolute atomic E-state index is 0.0251. The number of hydrogen-bond donors (Lipinski definition) is 3. The molecule has 0 saturated carbocycles. The van der Waals surface area contributed by atoms with E-state index in [1.807, 2.05) is 0 Å². The monoisotopic (exact) mass is 243 g/mol. The minimum Gasteiger partial charge on any atom is -0.481 e. The van der Waals surface area contributed by atoms with Gasteiger partial charge in [-0.2, -0.15) is 0 Å². The Morgan fingerprint density at radius 3 is 2.71 bits per heavy atom.